The minimum atomic E-state index is -1.00. The van der Waals surface area contributed by atoms with E-state index in [0.29, 0.717) is 21.2 Å². The Labute approximate surface area is 234 Å². The van der Waals surface area contributed by atoms with Crippen molar-refractivity contribution in [2.24, 2.45) is 17.8 Å². The largest absolute Gasteiger partial charge is 0.503 e. The first kappa shape index (κ1) is 26.6. The van der Waals surface area contributed by atoms with Crippen LogP contribution in [0.2, 0.25) is 0 Å². The van der Waals surface area contributed by atoms with Gasteiger partial charge < -0.3 is 14.9 Å². The van der Waals surface area contributed by atoms with E-state index in [4.69, 9.17) is 9.84 Å². The van der Waals surface area contributed by atoms with Crippen LogP contribution in [-0.4, -0.2) is 58.1 Å². The highest BCUT2D eigenvalue weighted by atomic mass is 79.9. The molecule has 1 aromatic rings. The van der Waals surface area contributed by atoms with Crippen LogP contribution in [0.25, 0.3) is 0 Å². The Morgan fingerprint density at radius 3 is 2.55 bits per heavy atom. The first-order valence-electron chi connectivity index (χ1n) is 12.1. The van der Waals surface area contributed by atoms with Crippen LogP contribution in [-0.2, 0) is 24.0 Å². The van der Waals surface area contributed by atoms with Gasteiger partial charge in [0.2, 0.25) is 11.8 Å². The fourth-order valence-corrected chi connectivity index (χ4v) is 7.08. The van der Waals surface area contributed by atoms with E-state index in [0.717, 1.165) is 10.5 Å². The third-order valence-electron chi connectivity index (χ3n) is 7.80. The number of carbonyl (C=O) groups is 5. The lowest BCUT2D eigenvalue weighted by Gasteiger charge is -2.42. The van der Waals surface area contributed by atoms with Crippen LogP contribution in [0.3, 0.4) is 0 Å². The molecule has 1 aliphatic heterocycles. The van der Waals surface area contributed by atoms with E-state index >= 15 is 0 Å². The van der Waals surface area contributed by atoms with Crippen molar-refractivity contribution in [3.8, 4) is 11.5 Å². The number of hydrogen-bond donors (Lipinski definition) is 2. The molecule has 0 aromatic heterocycles. The van der Waals surface area contributed by atoms with E-state index in [9.17, 15) is 29.1 Å². The number of ether oxygens (including phenoxy) is 1. The van der Waals surface area contributed by atoms with E-state index in [2.05, 4.69) is 31.9 Å². The number of aromatic hydroxyl groups is 1. The molecular weight excluding hydrogens is 626 g/mol. The maximum absolute atomic E-state index is 13.6. The average molecular weight is 649 g/mol. The van der Waals surface area contributed by atoms with Crippen LogP contribution in [0, 0.1) is 17.8 Å². The summed E-state index contributed by atoms with van der Waals surface area (Å²) in [5, 5.41) is 19.3. The monoisotopic (exact) mass is 647 g/mol. The number of carboxylic acids is 1. The van der Waals surface area contributed by atoms with Crippen LogP contribution < -0.4 is 4.74 Å². The maximum atomic E-state index is 13.6. The molecule has 11 heteroatoms. The highest BCUT2D eigenvalue weighted by Gasteiger charge is 2.56. The lowest BCUT2D eigenvalue weighted by atomic mass is 9.59. The molecule has 1 heterocycles. The number of halogens is 2. The molecule has 4 atom stereocenters. The normalized spacial score (nSPS) is 26.6. The van der Waals surface area contributed by atoms with Gasteiger partial charge in [0, 0.05) is 36.1 Å². The summed E-state index contributed by atoms with van der Waals surface area (Å²) in [5.41, 5.74) is 1.97. The van der Waals surface area contributed by atoms with E-state index in [1.54, 1.807) is 12.1 Å². The first-order valence-corrected chi connectivity index (χ1v) is 13.7. The molecule has 4 unspecified atom stereocenters. The molecule has 2 amide bonds. The van der Waals surface area contributed by atoms with E-state index < -0.39 is 29.6 Å². The second kappa shape index (κ2) is 9.92. The maximum Gasteiger partial charge on any atom is 0.303 e. The first-order chi connectivity index (χ1) is 18.0. The van der Waals surface area contributed by atoms with Gasteiger partial charge in [-0.1, -0.05) is 11.6 Å². The third-order valence-corrected chi connectivity index (χ3v) is 8.99. The van der Waals surface area contributed by atoms with E-state index in [1.165, 1.54) is 13.2 Å². The summed E-state index contributed by atoms with van der Waals surface area (Å²) < 4.78 is 5.80. The Kier molecular flexibility index (Phi) is 6.93. The summed E-state index contributed by atoms with van der Waals surface area (Å²) in [7, 11) is 1.40. The minimum absolute atomic E-state index is 0.0181. The second-order valence-corrected chi connectivity index (χ2v) is 11.5. The molecule has 9 nitrogen and oxygen atoms in total. The van der Waals surface area contributed by atoms with Crippen molar-refractivity contribution in [3.05, 3.63) is 55.5 Å². The van der Waals surface area contributed by atoms with Gasteiger partial charge in [0.25, 0.3) is 0 Å². The zero-order valence-corrected chi connectivity index (χ0v) is 23.4. The number of hydrogen-bond acceptors (Lipinski definition) is 7. The number of fused-ring (bicyclic) bond motifs is 3. The molecule has 1 fully saturated rings. The van der Waals surface area contributed by atoms with Crippen molar-refractivity contribution >= 4 is 61.2 Å². The van der Waals surface area contributed by atoms with Crippen LogP contribution in [0.5, 0.6) is 11.5 Å². The van der Waals surface area contributed by atoms with Crippen molar-refractivity contribution in [2.45, 2.75) is 31.6 Å². The number of allylic oxidation sites excluding steroid dienone is 6. The van der Waals surface area contributed by atoms with Crippen LogP contribution in [0.15, 0.2) is 50.0 Å². The van der Waals surface area contributed by atoms with Crippen LogP contribution in [0.4, 0.5) is 0 Å². The number of methoxy groups -OCH3 is 1. The van der Waals surface area contributed by atoms with Gasteiger partial charge in [-0.25, -0.2) is 0 Å². The molecule has 0 radical (unpaired) electrons. The Morgan fingerprint density at radius 1 is 1.13 bits per heavy atom. The van der Waals surface area contributed by atoms with Crippen molar-refractivity contribution < 1.29 is 38.9 Å². The lowest BCUT2D eigenvalue weighted by Crippen LogP contribution is -2.39. The molecule has 38 heavy (non-hydrogen) atoms. The van der Waals surface area contributed by atoms with Crippen molar-refractivity contribution in [1.82, 2.24) is 4.90 Å². The molecule has 1 aromatic carbocycles. The predicted octanol–water partition coefficient (Wildman–Crippen LogP) is 3.79. The lowest BCUT2D eigenvalue weighted by molar-refractivity contribution is -0.142. The highest BCUT2D eigenvalue weighted by molar-refractivity contribution is 9.12. The number of Topliss-reactive ketones (excluding diaryl/α,β-unsaturated/α-hetero) is 1. The molecule has 1 saturated heterocycles. The summed E-state index contributed by atoms with van der Waals surface area (Å²) in [6, 6.07) is 3.27. The predicted molar refractivity (Wildman–Crippen MR) is 141 cm³/mol. The SMILES string of the molecule is COc1cc(C2C3=CCC4C(=O)N(CCCC(=O)O)C(=O)C4C3CC3=C2C(=O)C=C(Br)C3=O)cc(Br)c1O. The summed E-state index contributed by atoms with van der Waals surface area (Å²) >= 11 is 6.53. The number of imide groups is 1. The Balaban J connectivity index is 1.61. The molecule has 198 valence electrons. The van der Waals surface area contributed by atoms with Gasteiger partial charge in [-0.2, -0.15) is 0 Å². The number of carboxylic acid groups (broad SMARTS) is 1. The molecular formula is C27H23Br2NO8. The van der Waals surface area contributed by atoms with Crippen LogP contribution >= 0.6 is 31.9 Å². The van der Waals surface area contributed by atoms with Gasteiger partial charge in [-0.15, -0.1) is 0 Å². The number of amides is 2. The standard InChI is InChI=1S/C27H23Br2NO8/c1-38-19-8-11(7-16(28)25(19)35)21-12-4-5-13-22(27(37)30(26(13)36)6-2-3-20(32)33)14(12)9-15-23(21)18(31)10-17(29)24(15)34/h4,7-8,10,13-14,21-22,35H,2-3,5-6,9H2,1H3,(H,32,33). The number of rotatable bonds is 6. The fourth-order valence-electron chi connectivity index (χ4n) is 6.18. The molecule has 0 saturated carbocycles. The van der Waals surface area contributed by atoms with Gasteiger partial charge >= 0.3 is 5.97 Å². The smallest absolute Gasteiger partial charge is 0.303 e. The van der Waals surface area contributed by atoms with Crippen molar-refractivity contribution in [1.29, 1.82) is 0 Å². The summed E-state index contributed by atoms with van der Waals surface area (Å²) in [6.45, 7) is 0.0181. The van der Waals surface area contributed by atoms with Crippen molar-refractivity contribution in [2.75, 3.05) is 13.7 Å². The number of aliphatic carboxylic acids is 1. The molecule has 0 spiro atoms. The van der Waals surface area contributed by atoms with Gasteiger partial charge in [0.15, 0.2) is 23.1 Å². The third kappa shape index (κ3) is 4.16. The number of likely N-dealkylation sites (tertiary alicyclic amines) is 1. The molecule has 3 aliphatic carbocycles. The highest BCUT2D eigenvalue weighted by Crippen LogP contribution is 2.56. The number of ketones is 2. The number of benzene rings is 1. The van der Waals surface area contributed by atoms with Gasteiger partial charge in [-0.3, -0.25) is 28.9 Å². The number of phenolic OH excluding ortho intramolecular Hbond substituents is 1. The van der Waals surface area contributed by atoms with E-state index in [-0.39, 0.29) is 71.6 Å². The topological polar surface area (TPSA) is 138 Å². The van der Waals surface area contributed by atoms with Gasteiger partial charge in [0.05, 0.1) is 27.9 Å². The fraction of sp³-hybridized carbons (Fsp3) is 0.370. The molecule has 2 N–H and O–H groups in total. The Hall–Kier alpha value is -3.05. The Morgan fingerprint density at radius 2 is 1.87 bits per heavy atom. The number of phenols is 1. The average Bonchev–Trinajstić information content (AvgIpc) is 3.12. The second-order valence-electron chi connectivity index (χ2n) is 9.77. The quantitative estimate of drug-likeness (QED) is 0.270. The summed E-state index contributed by atoms with van der Waals surface area (Å²) in [4.78, 5) is 65.5. The minimum Gasteiger partial charge on any atom is -0.503 e. The zero-order chi connectivity index (χ0) is 27.5. The van der Waals surface area contributed by atoms with Crippen LogP contribution in [0.1, 0.15) is 37.2 Å². The Bertz CT molecular complexity index is 1410. The van der Waals surface area contributed by atoms with Gasteiger partial charge in [0.1, 0.15) is 0 Å². The molecule has 0 bridgehead atoms. The summed E-state index contributed by atoms with van der Waals surface area (Å²) in [5.74, 6) is -4.85. The zero-order valence-electron chi connectivity index (χ0n) is 20.2. The number of carbonyl (C=O) groups excluding carboxylic acids is 4. The number of nitrogens with zero attached hydrogens (tertiary/aromatic N) is 1. The summed E-state index contributed by atoms with van der Waals surface area (Å²) in [6.07, 6.45) is 3.55. The van der Waals surface area contributed by atoms with Gasteiger partial charge in [-0.05, 0) is 74.7 Å². The van der Waals surface area contributed by atoms with Crippen molar-refractivity contribution in [3.63, 3.8) is 0 Å². The molecule has 4 aliphatic rings. The van der Waals surface area contributed by atoms with E-state index in [1.807, 2.05) is 6.08 Å². The molecule has 5 rings (SSSR count).